The summed E-state index contributed by atoms with van der Waals surface area (Å²) >= 11 is 5.00. The molecule has 3 nitrogen and oxygen atoms in total. The van der Waals surface area contributed by atoms with E-state index in [0.29, 0.717) is 4.77 Å². The van der Waals surface area contributed by atoms with Crippen molar-refractivity contribution in [3.8, 4) is 0 Å². The minimum atomic E-state index is -0.0961. The first-order valence-corrected chi connectivity index (χ1v) is 12.5. The lowest BCUT2D eigenvalue weighted by molar-refractivity contribution is 0.525. The maximum absolute atomic E-state index is 11.4. The van der Waals surface area contributed by atoms with E-state index in [1.807, 2.05) is 0 Å². The van der Waals surface area contributed by atoms with Crippen LogP contribution in [0.5, 0.6) is 0 Å². The van der Waals surface area contributed by atoms with Gasteiger partial charge < -0.3 is 4.98 Å². The van der Waals surface area contributed by atoms with Crippen LogP contribution >= 0.6 is 12.2 Å². The maximum atomic E-state index is 11.4. The molecule has 0 atom stereocenters. The van der Waals surface area contributed by atoms with E-state index in [1.54, 1.807) is 6.07 Å². The van der Waals surface area contributed by atoms with E-state index >= 15 is 0 Å². The minimum Gasteiger partial charge on any atom is -0.336 e. The second kappa shape index (κ2) is 18.1. The van der Waals surface area contributed by atoms with E-state index in [9.17, 15) is 4.79 Å². The van der Waals surface area contributed by atoms with Gasteiger partial charge in [-0.2, -0.15) is 0 Å². The van der Waals surface area contributed by atoms with Gasteiger partial charge in [0, 0.05) is 11.8 Å². The lowest BCUT2D eigenvalue weighted by Gasteiger charge is -2.04. The number of aromatic nitrogens is 2. The van der Waals surface area contributed by atoms with Crippen molar-refractivity contribution in [2.45, 2.75) is 129 Å². The quantitative estimate of drug-likeness (QED) is 0.180. The number of hydrogen-bond donors (Lipinski definition) is 2. The third-order valence-electron chi connectivity index (χ3n) is 5.62. The molecule has 1 rings (SSSR count). The van der Waals surface area contributed by atoms with Crippen molar-refractivity contribution in [2.75, 3.05) is 0 Å². The first-order valence-electron chi connectivity index (χ1n) is 12.0. The van der Waals surface area contributed by atoms with Crippen molar-refractivity contribution < 1.29 is 0 Å². The van der Waals surface area contributed by atoms with Crippen molar-refractivity contribution in [1.82, 2.24) is 9.97 Å². The molecule has 0 aliphatic carbocycles. The molecule has 0 fully saturated rings. The van der Waals surface area contributed by atoms with E-state index < -0.39 is 0 Å². The van der Waals surface area contributed by atoms with Gasteiger partial charge in [0.2, 0.25) is 0 Å². The second-order valence-electron chi connectivity index (χ2n) is 8.37. The molecule has 1 aromatic rings. The van der Waals surface area contributed by atoms with Gasteiger partial charge >= 0.3 is 0 Å². The van der Waals surface area contributed by atoms with Crippen LogP contribution in [0.3, 0.4) is 0 Å². The Morgan fingerprint density at radius 3 is 1.43 bits per heavy atom. The van der Waals surface area contributed by atoms with Crippen LogP contribution in [0.4, 0.5) is 0 Å². The first-order chi connectivity index (χ1) is 13.7. The molecule has 0 unspecified atom stereocenters. The minimum absolute atomic E-state index is 0.0961. The number of unbranched alkanes of at least 4 members (excludes halogenated alkanes) is 17. The Morgan fingerprint density at radius 1 is 0.643 bits per heavy atom. The van der Waals surface area contributed by atoms with Gasteiger partial charge in [-0.1, -0.05) is 116 Å². The maximum Gasteiger partial charge on any atom is 0.251 e. The first kappa shape index (κ1) is 25.1. The highest BCUT2D eigenvalue weighted by molar-refractivity contribution is 7.71. The summed E-state index contributed by atoms with van der Waals surface area (Å²) in [4.78, 5) is 17.0. The Morgan fingerprint density at radius 2 is 1.04 bits per heavy atom. The number of H-pyrrole nitrogens is 2. The van der Waals surface area contributed by atoms with Crippen molar-refractivity contribution in [1.29, 1.82) is 0 Å². The second-order valence-corrected chi connectivity index (χ2v) is 8.78. The topological polar surface area (TPSA) is 48.6 Å². The molecule has 0 bridgehead atoms. The molecule has 0 amide bonds. The summed E-state index contributed by atoms with van der Waals surface area (Å²) in [6.07, 6.45) is 26.0. The highest BCUT2D eigenvalue weighted by Crippen LogP contribution is 2.14. The molecule has 1 heterocycles. The van der Waals surface area contributed by atoms with Gasteiger partial charge in [-0.05, 0) is 25.1 Å². The molecule has 2 N–H and O–H groups in total. The highest BCUT2D eigenvalue weighted by Gasteiger charge is 1.97. The van der Waals surface area contributed by atoms with Crippen molar-refractivity contribution in [3.05, 3.63) is 26.9 Å². The monoisotopic (exact) mass is 408 g/mol. The van der Waals surface area contributed by atoms with Crippen molar-refractivity contribution in [3.63, 3.8) is 0 Å². The average molecular weight is 409 g/mol. The van der Waals surface area contributed by atoms with E-state index in [4.69, 9.17) is 12.2 Å². The van der Waals surface area contributed by atoms with E-state index in [1.165, 1.54) is 109 Å². The number of hydrogen-bond acceptors (Lipinski definition) is 2. The van der Waals surface area contributed by atoms with Crippen LogP contribution in [-0.4, -0.2) is 9.97 Å². The largest absolute Gasteiger partial charge is 0.336 e. The van der Waals surface area contributed by atoms with Crippen LogP contribution in [0.2, 0.25) is 0 Å². The standard InChI is InChI=1S/C24H44N2OS/c1-2-3-4-5-6-7-8-9-10-11-12-13-14-15-16-17-18-19-20-22-21-23(27)26-24(28)25-22/h21H,2-20H2,1H3,(H2,25,26,27,28). The zero-order valence-electron chi connectivity index (χ0n) is 18.3. The fourth-order valence-electron chi connectivity index (χ4n) is 3.87. The zero-order chi connectivity index (χ0) is 20.3. The van der Waals surface area contributed by atoms with Crippen LogP contribution in [0.25, 0.3) is 0 Å². The predicted octanol–water partition coefficient (Wildman–Crippen LogP) is 8.02. The van der Waals surface area contributed by atoms with Crippen molar-refractivity contribution >= 4 is 12.2 Å². The summed E-state index contributed by atoms with van der Waals surface area (Å²) in [5.74, 6) is 0. The number of nitrogens with one attached hydrogen (secondary N) is 2. The van der Waals surface area contributed by atoms with Gasteiger partial charge in [0.1, 0.15) is 0 Å². The average Bonchev–Trinajstić information content (AvgIpc) is 2.66. The molecular weight excluding hydrogens is 364 g/mol. The summed E-state index contributed by atoms with van der Waals surface area (Å²) in [6.45, 7) is 2.29. The van der Waals surface area contributed by atoms with Gasteiger partial charge in [-0.15, -0.1) is 0 Å². The lowest BCUT2D eigenvalue weighted by Crippen LogP contribution is -2.08. The third kappa shape index (κ3) is 15.1. The third-order valence-corrected chi connectivity index (χ3v) is 5.82. The Balaban J connectivity index is 1.77. The Bertz CT molecular complexity index is 550. The SMILES string of the molecule is CCCCCCCCCCCCCCCCCCCCc1cc(=O)[nH]c(=S)[nH]1. The molecular formula is C24H44N2OS. The van der Waals surface area contributed by atoms with E-state index in [2.05, 4.69) is 16.9 Å². The molecule has 4 heteroatoms. The van der Waals surface area contributed by atoms with Crippen LogP contribution in [0.15, 0.2) is 10.9 Å². The van der Waals surface area contributed by atoms with Gasteiger partial charge in [-0.3, -0.25) is 9.78 Å². The molecule has 0 saturated heterocycles. The summed E-state index contributed by atoms with van der Waals surface area (Å²) in [7, 11) is 0. The van der Waals surface area contributed by atoms with Crippen LogP contribution < -0.4 is 5.56 Å². The summed E-state index contributed by atoms with van der Waals surface area (Å²) < 4.78 is 0.435. The summed E-state index contributed by atoms with van der Waals surface area (Å²) in [6, 6.07) is 1.63. The van der Waals surface area contributed by atoms with Gasteiger partial charge in [-0.25, -0.2) is 0 Å². The molecule has 1 aromatic heterocycles. The predicted molar refractivity (Wildman–Crippen MR) is 125 cm³/mol. The Hall–Kier alpha value is -0.900. The number of aromatic amines is 2. The highest BCUT2D eigenvalue weighted by atomic mass is 32.1. The molecule has 0 aliphatic rings. The molecule has 162 valence electrons. The van der Waals surface area contributed by atoms with Crippen molar-refractivity contribution in [2.24, 2.45) is 0 Å². The number of rotatable bonds is 19. The van der Waals surface area contributed by atoms with E-state index in [-0.39, 0.29) is 5.56 Å². The van der Waals surface area contributed by atoms with Gasteiger partial charge in [0.05, 0.1) is 0 Å². The molecule has 0 radical (unpaired) electrons. The smallest absolute Gasteiger partial charge is 0.251 e. The van der Waals surface area contributed by atoms with Gasteiger partial charge in [0.15, 0.2) is 4.77 Å². The Labute approximate surface area is 178 Å². The summed E-state index contributed by atoms with van der Waals surface area (Å²) in [5.41, 5.74) is 0.867. The van der Waals surface area contributed by atoms with Gasteiger partial charge in [0.25, 0.3) is 5.56 Å². The molecule has 0 spiro atoms. The number of aryl methyl sites for hydroxylation is 1. The molecule has 0 aliphatic heterocycles. The van der Waals surface area contributed by atoms with Crippen LogP contribution in [0.1, 0.15) is 128 Å². The lowest BCUT2D eigenvalue weighted by atomic mass is 10.0. The van der Waals surface area contributed by atoms with E-state index in [0.717, 1.165) is 18.5 Å². The molecule has 28 heavy (non-hydrogen) atoms. The fourth-order valence-corrected chi connectivity index (χ4v) is 4.10. The Kier molecular flexibility index (Phi) is 16.3. The summed E-state index contributed by atoms with van der Waals surface area (Å²) in [5, 5.41) is 0. The van der Waals surface area contributed by atoms with Crippen LogP contribution in [-0.2, 0) is 6.42 Å². The molecule has 0 aromatic carbocycles. The van der Waals surface area contributed by atoms with Crippen LogP contribution in [0, 0.1) is 4.77 Å². The molecule has 0 saturated carbocycles. The zero-order valence-corrected chi connectivity index (χ0v) is 19.1. The normalized spacial score (nSPS) is 11.2. The fraction of sp³-hybridized carbons (Fsp3) is 0.833.